The van der Waals surface area contributed by atoms with Crippen LogP contribution >= 0.6 is 11.3 Å². The zero-order valence-corrected chi connectivity index (χ0v) is 19.7. The summed E-state index contributed by atoms with van der Waals surface area (Å²) < 4.78 is 0. The molecule has 0 radical (unpaired) electrons. The minimum atomic E-state index is -0.233. The van der Waals surface area contributed by atoms with Crippen LogP contribution in [0.2, 0.25) is 0 Å². The average Bonchev–Trinajstić information content (AvgIpc) is 3.24. The van der Waals surface area contributed by atoms with Gasteiger partial charge in [-0.2, -0.15) is 5.10 Å². The fourth-order valence-electron chi connectivity index (χ4n) is 3.63. The molecule has 0 spiro atoms. The van der Waals surface area contributed by atoms with E-state index in [0.29, 0.717) is 11.5 Å². The Bertz CT molecular complexity index is 1290. The number of hydrogen-bond acceptors (Lipinski definition) is 4. The van der Waals surface area contributed by atoms with Gasteiger partial charge in [-0.05, 0) is 49.1 Å². The zero-order chi connectivity index (χ0) is 22.7. The lowest BCUT2D eigenvalue weighted by molar-refractivity contribution is 0.0956. The Labute approximate surface area is 193 Å². The van der Waals surface area contributed by atoms with E-state index in [1.54, 1.807) is 11.3 Å². The third-order valence-electron chi connectivity index (χ3n) is 5.49. The van der Waals surface area contributed by atoms with Gasteiger partial charge in [0.05, 0.1) is 27.4 Å². The average molecular weight is 442 g/mol. The number of thiophene rings is 1. The molecule has 1 amide bonds. The van der Waals surface area contributed by atoms with Crippen molar-refractivity contribution in [3.63, 3.8) is 0 Å². The highest BCUT2D eigenvalue weighted by atomic mass is 32.1. The first-order valence-electron chi connectivity index (χ1n) is 10.9. The summed E-state index contributed by atoms with van der Waals surface area (Å²) in [5.41, 5.74) is 8.05. The summed E-state index contributed by atoms with van der Waals surface area (Å²) in [6, 6.07) is 22.1. The van der Waals surface area contributed by atoms with E-state index in [1.807, 2.05) is 37.3 Å². The quantitative estimate of drug-likeness (QED) is 0.260. The van der Waals surface area contributed by atoms with Crippen LogP contribution in [0, 0.1) is 6.92 Å². The largest absolute Gasteiger partial charge is 0.272 e. The second kappa shape index (κ2) is 9.45. The second-order valence-corrected chi connectivity index (χ2v) is 9.40. The number of nitrogens with zero attached hydrogens (tertiary/aromatic N) is 2. The van der Waals surface area contributed by atoms with Gasteiger partial charge in [0.1, 0.15) is 0 Å². The van der Waals surface area contributed by atoms with E-state index in [9.17, 15) is 4.79 Å². The Morgan fingerprint density at radius 2 is 1.81 bits per heavy atom. The summed E-state index contributed by atoms with van der Waals surface area (Å²) >= 11 is 1.68. The molecule has 0 bridgehead atoms. The molecule has 2 aromatic carbocycles. The molecular formula is C27H27N3OS. The number of hydrazone groups is 1. The van der Waals surface area contributed by atoms with E-state index < -0.39 is 0 Å². The van der Waals surface area contributed by atoms with Gasteiger partial charge in [0.15, 0.2) is 0 Å². The van der Waals surface area contributed by atoms with Crippen LogP contribution in [-0.2, 0) is 0 Å². The van der Waals surface area contributed by atoms with Crippen LogP contribution in [0.4, 0.5) is 0 Å². The van der Waals surface area contributed by atoms with E-state index in [1.165, 1.54) is 10.4 Å². The molecule has 0 saturated heterocycles. The van der Waals surface area contributed by atoms with Gasteiger partial charge in [0, 0.05) is 15.8 Å². The van der Waals surface area contributed by atoms with Crippen LogP contribution < -0.4 is 5.43 Å². The molecule has 162 valence electrons. The van der Waals surface area contributed by atoms with Crippen LogP contribution in [0.3, 0.4) is 0 Å². The van der Waals surface area contributed by atoms with Crippen molar-refractivity contribution in [3.05, 3.63) is 87.6 Å². The summed E-state index contributed by atoms with van der Waals surface area (Å²) in [6.45, 7) is 8.46. The zero-order valence-electron chi connectivity index (χ0n) is 18.8. The van der Waals surface area contributed by atoms with Crippen molar-refractivity contribution in [1.29, 1.82) is 0 Å². The first-order chi connectivity index (χ1) is 15.5. The number of aromatic nitrogens is 1. The van der Waals surface area contributed by atoms with Crippen LogP contribution in [-0.4, -0.2) is 16.6 Å². The smallest absolute Gasteiger partial charge is 0.267 e. The number of hydrogen-bond donors (Lipinski definition) is 1. The van der Waals surface area contributed by atoms with Crippen molar-refractivity contribution >= 4 is 33.9 Å². The fraction of sp³-hybridized carbons (Fsp3) is 0.222. The van der Waals surface area contributed by atoms with Crippen LogP contribution in [0.5, 0.6) is 0 Å². The summed E-state index contributed by atoms with van der Waals surface area (Å²) in [6.07, 6.45) is 0.741. The molecule has 0 aliphatic rings. The van der Waals surface area contributed by atoms with Crippen molar-refractivity contribution in [2.75, 3.05) is 0 Å². The lowest BCUT2D eigenvalue weighted by Gasteiger charge is -2.11. The summed E-state index contributed by atoms with van der Waals surface area (Å²) in [4.78, 5) is 20.3. The van der Waals surface area contributed by atoms with Crippen LogP contribution in [0.1, 0.15) is 58.8 Å². The molecule has 2 heterocycles. The van der Waals surface area contributed by atoms with Gasteiger partial charge in [-0.3, -0.25) is 4.79 Å². The predicted octanol–water partition coefficient (Wildman–Crippen LogP) is 6.94. The number of amides is 1. The first kappa shape index (κ1) is 21.9. The van der Waals surface area contributed by atoms with E-state index in [-0.39, 0.29) is 5.91 Å². The number of aryl methyl sites for hydroxylation is 1. The number of carbonyl (C=O) groups excluding carboxylic acids is 1. The highest BCUT2D eigenvalue weighted by Crippen LogP contribution is 2.26. The number of carbonyl (C=O) groups is 1. The molecule has 2 aromatic heterocycles. The molecule has 4 aromatic rings. The Kier molecular flexibility index (Phi) is 6.47. The van der Waals surface area contributed by atoms with Crippen molar-refractivity contribution in [2.24, 2.45) is 5.10 Å². The Hall–Kier alpha value is -3.31. The van der Waals surface area contributed by atoms with Crippen LogP contribution in [0.25, 0.3) is 22.2 Å². The van der Waals surface area contributed by atoms with Gasteiger partial charge in [-0.1, -0.05) is 63.2 Å². The Balaban J connectivity index is 1.71. The molecule has 4 rings (SSSR count). The van der Waals surface area contributed by atoms with Crippen molar-refractivity contribution in [1.82, 2.24) is 10.4 Å². The molecule has 1 N–H and O–H groups in total. The number of rotatable bonds is 6. The summed E-state index contributed by atoms with van der Waals surface area (Å²) in [5.74, 6) is 0.232. The summed E-state index contributed by atoms with van der Waals surface area (Å²) in [7, 11) is 0. The third-order valence-corrected chi connectivity index (χ3v) is 6.54. The lowest BCUT2D eigenvalue weighted by Crippen LogP contribution is -2.20. The minimum Gasteiger partial charge on any atom is -0.267 e. The maximum Gasteiger partial charge on any atom is 0.272 e. The van der Waals surface area contributed by atoms with Crippen LogP contribution in [0.15, 0.2) is 71.8 Å². The highest BCUT2D eigenvalue weighted by molar-refractivity contribution is 7.14. The van der Waals surface area contributed by atoms with Gasteiger partial charge in [-0.15, -0.1) is 11.3 Å². The van der Waals surface area contributed by atoms with Gasteiger partial charge in [-0.25, -0.2) is 10.4 Å². The molecule has 32 heavy (non-hydrogen) atoms. The highest BCUT2D eigenvalue weighted by Gasteiger charge is 2.15. The van der Waals surface area contributed by atoms with Crippen molar-refractivity contribution in [3.8, 4) is 11.3 Å². The molecule has 5 heteroatoms. The molecule has 0 aliphatic heterocycles. The van der Waals surface area contributed by atoms with Gasteiger partial charge < -0.3 is 0 Å². The number of pyridine rings is 1. The van der Waals surface area contributed by atoms with E-state index in [0.717, 1.165) is 39.2 Å². The molecular weight excluding hydrogens is 414 g/mol. The van der Waals surface area contributed by atoms with Crippen molar-refractivity contribution < 1.29 is 4.79 Å². The standard InChI is InChI=1S/C27H27N3OS/c1-5-23(26-15-10-18(4)32-26)29-30-27(31)22-16-25(28-24-9-7-6-8-21(22)24)20-13-11-19(12-14-20)17(2)3/h6-17H,5H2,1-4H3,(H,30,31). The topological polar surface area (TPSA) is 54.4 Å². The third kappa shape index (κ3) is 4.63. The fourth-order valence-corrected chi connectivity index (χ4v) is 4.55. The SMILES string of the molecule is CCC(=NNC(=O)c1cc(-c2ccc(C(C)C)cc2)nc2ccccc12)c1ccc(C)s1. The number of benzene rings is 2. The minimum absolute atomic E-state index is 0.233. The van der Waals surface area contributed by atoms with E-state index in [2.05, 4.69) is 67.7 Å². The second-order valence-electron chi connectivity index (χ2n) is 8.11. The van der Waals surface area contributed by atoms with E-state index >= 15 is 0 Å². The molecule has 0 saturated carbocycles. The first-order valence-corrected chi connectivity index (χ1v) is 11.7. The normalized spacial score (nSPS) is 11.8. The molecule has 4 nitrogen and oxygen atoms in total. The Morgan fingerprint density at radius 1 is 1.06 bits per heavy atom. The number of para-hydroxylation sites is 1. The maximum absolute atomic E-state index is 13.2. The Morgan fingerprint density at radius 3 is 2.47 bits per heavy atom. The van der Waals surface area contributed by atoms with Gasteiger partial charge >= 0.3 is 0 Å². The molecule has 0 unspecified atom stereocenters. The number of fused-ring (bicyclic) bond motifs is 1. The van der Waals surface area contributed by atoms with Gasteiger partial charge in [0.25, 0.3) is 5.91 Å². The molecule has 0 aliphatic carbocycles. The molecule has 0 fully saturated rings. The maximum atomic E-state index is 13.2. The number of nitrogens with one attached hydrogen (secondary N) is 1. The predicted molar refractivity (Wildman–Crippen MR) is 135 cm³/mol. The van der Waals surface area contributed by atoms with Gasteiger partial charge in [0.2, 0.25) is 0 Å². The summed E-state index contributed by atoms with van der Waals surface area (Å²) in [5, 5.41) is 5.26. The monoisotopic (exact) mass is 441 g/mol. The van der Waals surface area contributed by atoms with Crippen molar-refractivity contribution in [2.45, 2.75) is 40.0 Å². The van der Waals surface area contributed by atoms with E-state index in [4.69, 9.17) is 4.98 Å². The lowest BCUT2D eigenvalue weighted by atomic mass is 9.99. The molecule has 0 atom stereocenters.